The van der Waals surface area contributed by atoms with E-state index in [4.69, 9.17) is 9.47 Å². The van der Waals surface area contributed by atoms with Crippen LogP contribution in [0.4, 0.5) is 17.1 Å². The molecule has 6 heteroatoms. The number of carbonyl (C=O) groups is 2. The Morgan fingerprint density at radius 1 is 0.688 bits per heavy atom. The van der Waals surface area contributed by atoms with Gasteiger partial charge in [0.15, 0.2) is 0 Å². The Balaban J connectivity index is 1.58. The van der Waals surface area contributed by atoms with Gasteiger partial charge in [0.05, 0.1) is 19.9 Å². The third kappa shape index (κ3) is 3.13. The molecule has 0 radical (unpaired) electrons. The Kier molecular flexibility index (Phi) is 4.75. The van der Waals surface area contributed by atoms with Gasteiger partial charge in [-0.2, -0.15) is 0 Å². The average molecular weight is 424 g/mol. The summed E-state index contributed by atoms with van der Waals surface area (Å²) >= 11 is 0. The minimum Gasteiger partial charge on any atom is -0.497 e. The lowest BCUT2D eigenvalue weighted by molar-refractivity contribution is 0.0893. The predicted molar refractivity (Wildman–Crippen MR) is 124 cm³/mol. The third-order valence-electron chi connectivity index (χ3n) is 5.61. The van der Waals surface area contributed by atoms with Crippen LogP contribution in [0.15, 0.2) is 78.9 Å². The first-order valence-corrected chi connectivity index (χ1v) is 10.1. The van der Waals surface area contributed by atoms with Crippen molar-refractivity contribution < 1.29 is 19.1 Å². The Labute approximate surface area is 185 Å². The fourth-order valence-electron chi connectivity index (χ4n) is 4.00. The van der Waals surface area contributed by atoms with Gasteiger partial charge in [-0.15, -0.1) is 0 Å². The second kappa shape index (κ2) is 7.74. The summed E-state index contributed by atoms with van der Waals surface area (Å²) in [5.41, 5.74) is 3.18. The maximum absolute atomic E-state index is 13.3. The predicted octanol–water partition coefficient (Wildman–Crippen LogP) is 5.40. The summed E-state index contributed by atoms with van der Waals surface area (Å²) in [5, 5.41) is 4.85. The molecule has 4 aromatic rings. The summed E-state index contributed by atoms with van der Waals surface area (Å²) in [6.07, 6.45) is 0. The first kappa shape index (κ1) is 19.6. The van der Waals surface area contributed by atoms with E-state index >= 15 is 0 Å². The molecule has 158 valence electrons. The minimum absolute atomic E-state index is 0.347. The summed E-state index contributed by atoms with van der Waals surface area (Å²) in [5.74, 6) is 0.726. The number of benzene rings is 4. The second-order valence-corrected chi connectivity index (χ2v) is 7.39. The molecule has 5 rings (SSSR count). The van der Waals surface area contributed by atoms with Gasteiger partial charge >= 0.3 is 0 Å². The highest BCUT2D eigenvalue weighted by Gasteiger charge is 2.34. The maximum atomic E-state index is 13.3. The molecule has 0 bridgehead atoms. The molecule has 1 aliphatic rings. The summed E-state index contributed by atoms with van der Waals surface area (Å²) in [6, 6.07) is 23.6. The number of nitrogens with zero attached hydrogens (tertiary/aromatic N) is 1. The fraction of sp³-hybridized carbons (Fsp3) is 0.0769. The van der Waals surface area contributed by atoms with Gasteiger partial charge in [0.1, 0.15) is 11.5 Å². The Morgan fingerprint density at radius 2 is 1.28 bits per heavy atom. The van der Waals surface area contributed by atoms with E-state index in [1.165, 1.54) is 4.90 Å². The van der Waals surface area contributed by atoms with E-state index in [0.29, 0.717) is 28.0 Å². The molecule has 1 N–H and O–H groups in total. The lowest BCUT2D eigenvalue weighted by atomic mass is 9.92. The zero-order valence-corrected chi connectivity index (χ0v) is 17.6. The van der Waals surface area contributed by atoms with Crippen LogP contribution in [0.5, 0.6) is 11.5 Å². The van der Waals surface area contributed by atoms with E-state index in [1.807, 2.05) is 42.5 Å². The first-order chi connectivity index (χ1) is 15.6. The minimum atomic E-state index is -0.347. The molecule has 0 spiro atoms. The van der Waals surface area contributed by atoms with E-state index in [0.717, 1.165) is 22.5 Å². The van der Waals surface area contributed by atoms with Crippen LogP contribution in [0.2, 0.25) is 0 Å². The molecule has 1 heterocycles. The molecular weight excluding hydrogens is 404 g/mol. The van der Waals surface area contributed by atoms with Crippen molar-refractivity contribution in [2.75, 3.05) is 24.4 Å². The van der Waals surface area contributed by atoms with Crippen molar-refractivity contribution in [1.82, 2.24) is 0 Å². The van der Waals surface area contributed by atoms with Crippen molar-refractivity contribution in [1.29, 1.82) is 0 Å². The van der Waals surface area contributed by atoms with Crippen LogP contribution in [0.25, 0.3) is 10.8 Å². The number of anilines is 3. The monoisotopic (exact) mass is 424 g/mol. The molecule has 4 aromatic carbocycles. The lowest BCUT2D eigenvalue weighted by Crippen LogP contribution is -2.40. The summed E-state index contributed by atoms with van der Waals surface area (Å²) in [6.45, 7) is 0. The highest BCUT2D eigenvalue weighted by atomic mass is 16.5. The van der Waals surface area contributed by atoms with Crippen LogP contribution < -0.4 is 19.7 Å². The molecule has 0 atom stereocenters. The van der Waals surface area contributed by atoms with Crippen molar-refractivity contribution >= 4 is 39.6 Å². The van der Waals surface area contributed by atoms with Crippen molar-refractivity contribution in [3.63, 3.8) is 0 Å². The molecule has 0 aromatic heterocycles. The Morgan fingerprint density at radius 3 is 1.91 bits per heavy atom. The standard InChI is InChI=1S/C26H20N2O4/c1-31-18-10-6-16(7-11-18)27-23-15-14-22-24-20(23)4-3-5-21(24)25(29)28(26(22)30)17-8-12-19(32-2)13-9-17/h3-15,27H,1-2H3. The van der Waals surface area contributed by atoms with Crippen LogP contribution in [0, 0.1) is 0 Å². The molecule has 6 nitrogen and oxygen atoms in total. The highest BCUT2D eigenvalue weighted by Crippen LogP contribution is 2.37. The highest BCUT2D eigenvalue weighted by molar-refractivity contribution is 6.36. The first-order valence-electron chi connectivity index (χ1n) is 10.1. The van der Waals surface area contributed by atoms with Crippen LogP contribution in [-0.2, 0) is 0 Å². The van der Waals surface area contributed by atoms with Crippen molar-refractivity contribution in [3.8, 4) is 11.5 Å². The number of imide groups is 1. The quantitative estimate of drug-likeness (QED) is 0.435. The lowest BCUT2D eigenvalue weighted by Gasteiger charge is -2.28. The van der Waals surface area contributed by atoms with E-state index in [2.05, 4.69) is 5.32 Å². The molecule has 0 aliphatic carbocycles. The van der Waals surface area contributed by atoms with Gasteiger partial charge in [0.2, 0.25) is 0 Å². The van der Waals surface area contributed by atoms with E-state index in [9.17, 15) is 9.59 Å². The molecule has 32 heavy (non-hydrogen) atoms. The SMILES string of the molecule is COc1ccc(Nc2ccc3c4c(cccc24)C(=O)N(c2ccc(OC)cc2)C3=O)cc1. The van der Waals surface area contributed by atoms with Crippen LogP contribution in [-0.4, -0.2) is 26.0 Å². The van der Waals surface area contributed by atoms with Gasteiger partial charge in [-0.3, -0.25) is 9.59 Å². The van der Waals surface area contributed by atoms with E-state index in [-0.39, 0.29) is 11.8 Å². The summed E-state index contributed by atoms with van der Waals surface area (Å²) in [4.78, 5) is 27.9. The van der Waals surface area contributed by atoms with Crippen LogP contribution in [0.1, 0.15) is 20.7 Å². The van der Waals surface area contributed by atoms with Crippen molar-refractivity contribution in [2.45, 2.75) is 0 Å². The molecule has 2 amide bonds. The number of rotatable bonds is 5. The number of ether oxygens (including phenoxy) is 2. The maximum Gasteiger partial charge on any atom is 0.265 e. The van der Waals surface area contributed by atoms with Gasteiger partial charge in [-0.1, -0.05) is 12.1 Å². The van der Waals surface area contributed by atoms with Gasteiger partial charge in [0, 0.05) is 33.3 Å². The largest absolute Gasteiger partial charge is 0.497 e. The Hall–Kier alpha value is -4.32. The van der Waals surface area contributed by atoms with Crippen LogP contribution in [0.3, 0.4) is 0 Å². The third-order valence-corrected chi connectivity index (χ3v) is 5.61. The van der Waals surface area contributed by atoms with Crippen molar-refractivity contribution in [2.24, 2.45) is 0 Å². The number of carbonyl (C=O) groups excluding carboxylic acids is 2. The number of methoxy groups -OCH3 is 2. The number of hydrogen-bond acceptors (Lipinski definition) is 5. The topological polar surface area (TPSA) is 67.9 Å². The number of amides is 2. The van der Waals surface area contributed by atoms with Gasteiger partial charge < -0.3 is 14.8 Å². The van der Waals surface area contributed by atoms with E-state index in [1.54, 1.807) is 50.6 Å². The van der Waals surface area contributed by atoms with E-state index < -0.39 is 0 Å². The molecule has 0 saturated heterocycles. The zero-order valence-electron chi connectivity index (χ0n) is 17.6. The Bertz CT molecular complexity index is 1320. The van der Waals surface area contributed by atoms with Crippen molar-refractivity contribution in [3.05, 3.63) is 90.0 Å². The second-order valence-electron chi connectivity index (χ2n) is 7.39. The van der Waals surface area contributed by atoms with Crippen LogP contribution >= 0.6 is 0 Å². The molecule has 0 fully saturated rings. The fourth-order valence-corrected chi connectivity index (χ4v) is 4.00. The average Bonchev–Trinajstić information content (AvgIpc) is 2.84. The number of hydrogen-bond donors (Lipinski definition) is 1. The number of nitrogens with one attached hydrogen (secondary N) is 1. The molecular formula is C26H20N2O4. The normalized spacial score (nSPS) is 12.8. The van der Waals surface area contributed by atoms with Gasteiger partial charge in [-0.05, 0) is 66.7 Å². The smallest absolute Gasteiger partial charge is 0.265 e. The molecule has 0 saturated carbocycles. The van der Waals surface area contributed by atoms with Gasteiger partial charge in [-0.25, -0.2) is 4.90 Å². The summed E-state index contributed by atoms with van der Waals surface area (Å²) in [7, 11) is 3.19. The summed E-state index contributed by atoms with van der Waals surface area (Å²) < 4.78 is 10.4. The molecule has 0 unspecified atom stereocenters. The van der Waals surface area contributed by atoms with Gasteiger partial charge in [0.25, 0.3) is 11.8 Å². The molecule has 1 aliphatic heterocycles. The zero-order chi connectivity index (χ0) is 22.2.